The van der Waals surface area contributed by atoms with E-state index in [4.69, 9.17) is 4.74 Å². The third kappa shape index (κ3) is 4.38. The summed E-state index contributed by atoms with van der Waals surface area (Å²) in [7, 11) is 0. The third-order valence-corrected chi connectivity index (χ3v) is 2.65. The summed E-state index contributed by atoms with van der Waals surface area (Å²) in [4.78, 5) is 15.6. The molecule has 1 aromatic carbocycles. The maximum absolute atomic E-state index is 11.3. The van der Waals surface area contributed by atoms with Gasteiger partial charge in [-0.15, -0.1) is 0 Å². The van der Waals surface area contributed by atoms with Gasteiger partial charge in [-0.25, -0.2) is 4.98 Å². The number of carbonyl (C=O) groups excluding carboxylic acids is 1. The molecule has 20 heavy (non-hydrogen) atoms. The quantitative estimate of drug-likeness (QED) is 0.749. The van der Waals surface area contributed by atoms with Crippen LogP contribution in [0.25, 0.3) is 0 Å². The molecule has 0 atom stereocenters. The van der Waals surface area contributed by atoms with Crippen molar-refractivity contribution in [3.63, 3.8) is 0 Å². The first-order valence-corrected chi connectivity index (χ1v) is 6.62. The van der Waals surface area contributed by atoms with Gasteiger partial charge in [0.15, 0.2) is 5.82 Å². The Balaban J connectivity index is 1.77. The van der Waals surface area contributed by atoms with Crippen molar-refractivity contribution < 1.29 is 9.53 Å². The van der Waals surface area contributed by atoms with Gasteiger partial charge < -0.3 is 10.1 Å². The predicted octanol–water partition coefficient (Wildman–Crippen LogP) is 1.56. The van der Waals surface area contributed by atoms with Gasteiger partial charge in [-0.3, -0.25) is 9.89 Å². The Morgan fingerprint density at radius 2 is 2.15 bits per heavy atom. The number of H-pyrrole nitrogens is 1. The first-order chi connectivity index (χ1) is 9.78. The van der Waals surface area contributed by atoms with E-state index in [1.807, 2.05) is 30.3 Å². The number of rotatable bonds is 7. The second kappa shape index (κ2) is 7.28. The number of benzene rings is 1. The van der Waals surface area contributed by atoms with Crippen LogP contribution >= 0.6 is 0 Å². The van der Waals surface area contributed by atoms with E-state index < -0.39 is 0 Å². The summed E-state index contributed by atoms with van der Waals surface area (Å²) in [5, 5.41) is 10.1. The van der Waals surface area contributed by atoms with Crippen LogP contribution in [0.5, 0.6) is 0 Å². The number of para-hydroxylation sites is 1. The van der Waals surface area contributed by atoms with Gasteiger partial charge in [0, 0.05) is 18.7 Å². The van der Waals surface area contributed by atoms with Crippen LogP contribution in [0.15, 0.2) is 30.3 Å². The van der Waals surface area contributed by atoms with E-state index in [0.29, 0.717) is 24.7 Å². The van der Waals surface area contributed by atoms with Gasteiger partial charge in [-0.05, 0) is 19.1 Å². The van der Waals surface area contributed by atoms with Crippen molar-refractivity contribution in [1.82, 2.24) is 15.2 Å². The molecule has 106 valence electrons. The minimum atomic E-state index is -0.294. The first-order valence-electron chi connectivity index (χ1n) is 6.62. The number of nitrogens with zero attached hydrogens (tertiary/aromatic N) is 2. The lowest BCUT2D eigenvalue weighted by molar-refractivity contribution is -0.142. The van der Waals surface area contributed by atoms with Crippen LogP contribution < -0.4 is 5.32 Å². The highest BCUT2D eigenvalue weighted by atomic mass is 16.5. The van der Waals surface area contributed by atoms with E-state index in [0.717, 1.165) is 12.2 Å². The molecule has 0 unspecified atom stereocenters. The van der Waals surface area contributed by atoms with Crippen molar-refractivity contribution in [1.29, 1.82) is 0 Å². The lowest BCUT2D eigenvalue weighted by Crippen LogP contribution is -2.09. The molecule has 6 nitrogen and oxygen atoms in total. The van der Waals surface area contributed by atoms with Crippen molar-refractivity contribution in [2.45, 2.75) is 19.8 Å². The summed E-state index contributed by atoms with van der Waals surface area (Å²) >= 11 is 0. The zero-order chi connectivity index (χ0) is 14.2. The van der Waals surface area contributed by atoms with Gasteiger partial charge in [0.05, 0.1) is 6.61 Å². The van der Waals surface area contributed by atoms with Crippen LogP contribution in [0.4, 0.5) is 5.69 Å². The van der Waals surface area contributed by atoms with E-state index in [1.54, 1.807) is 6.92 Å². The molecule has 0 bridgehead atoms. The second-order valence-electron chi connectivity index (χ2n) is 4.22. The number of aromatic amines is 1. The van der Waals surface area contributed by atoms with E-state index >= 15 is 0 Å². The highest BCUT2D eigenvalue weighted by molar-refractivity contribution is 5.71. The molecule has 0 spiro atoms. The minimum absolute atomic E-state index is 0.132. The molecule has 2 rings (SSSR count). The molecule has 0 radical (unpaired) electrons. The van der Waals surface area contributed by atoms with Crippen LogP contribution in [0.2, 0.25) is 0 Å². The fraction of sp³-hybridized carbons (Fsp3) is 0.357. The normalized spacial score (nSPS) is 10.2. The second-order valence-corrected chi connectivity index (χ2v) is 4.22. The fourth-order valence-corrected chi connectivity index (χ4v) is 1.75. The Morgan fingerprint density at radius 3 is 2.90 bits per heavy atom. The molecule has 0 aliphatic heterocycles. The Hall–Kier alpha value is -2.37. The molecule has 2 N–H and O–H groups in total. The Bertz CT molecular complexity index is 539. The zero-order valence-electron chi connectivity index (χ0n) is 11.4. The van der Waals surface area contributed by atoms with Gasteiger partial charge in [-0.2, -0.15) is 5.10 Å². The number of hydrogen-bond acceptors (Lipinski definition) is 5. The molecule has 0 saturated carbocycles. The smallest absolute Gasteiger partial charge is 0.313 e. The van der Waals surface area contributed by atoms with Crippen molar-refractivity contribution >= 4 is 11.7 Å². The van der Waals surface area contributed by atoms with Gasteiger partial charge in [0.2, 0.25) is 0 Å². The highest BCUT2D eigenvalue weighted by Gasteiger charge is 2.08. The summed E-state index contributed by atoms with van der Waals surface area (Å²) < 4.78 is 4.85. The molecule has 1 heterocycles. The maximum atomic E-state index is 11.3. The number of nitrogens with one attached hydrogen (secondary N) is 2. The molecule has 0 aliphatic carbocycles. The van der Waals surface area contributed by atoms with Crippen LogP contribution in [-0.2, 0) is 22.4 Å². The largest absolute Gasteiger partial charge is 0.466 e. The topological polar surface area (TPSA) is 79.9 Å². The van der Waals surface area contributed by atoms with Gasteiger partial charge in [0.25, 0.3) is 0 Å². The van der Waals surface area contributed by atoms with Crippen LogP contribution in [0.1, 0.15) is 18.6 Å². The molecule has 0 fully saturated rings. The predicted molar refractivity (Wildman–Crippen MR) is 75.4 cm³/mol. The average Bonchev–Trinajstić information content (AvgIpc) is 2.88. The van der Waals surface area contributed by atoms with Crippen molar-refractivity contribution in [3.8, 4) is 0 Å². The molecule has 1 aromatic heterocycles. The summed E-state index contributed by atoms with van der Waals surface area (Å²) in [5.41, 5.74) is 1.06. The van der Waals surface area contributed by atoms with E-state index in [-0.39, 0.29) is 12.4 Å². The highest BCUT2D eigenvalue weighted by Crippen LogP contribution is 2.05. The zero-order valence-corrected chi connectivity index (χ0v) is 11.4. The Kier molecular flexibility index (Phi) is 5.11. The number of esters is 1. The lowest BCUT2D eigenvalue weighted by Gasteiger charge is -2.03. The SMILES string of the molecule is CCOC(=O)Cc1nc(CCNc2ccccc2)n[nH]1. The number of carbonyl (C=O) groups is 1. The van der Waals surface area contributed by atoms with Gasteiger partial charge in [0.1, 0.15) is 12.2 Å². The molecular weight excluding hydrogens is 256 g/mol. The van der Waals surface area contributed by atoms with Gasteiger partial charge >= 0.3 is 5.97 Å². The minimum Gasteiger partial charge on any atom is -0.466 e. The molecule has 0 saturated heterocycles. The maximum Gasteiger partial charge on any atom is 0.313 e. The summed E-state index contributed by atoms with van der Waals surface area (Å²) in [5.74, 6) is 0.934. The Morgan fingerprint density at radius 1 is 1.35 bits per heavy atom. The van der Waals surface area contributed by atoms with Crippen molar-refractivity contribution in [3.05, 3.63) is 42.0 Å². The number of hydrogen-bond donors (Lipinski definition) is 2. The molecule has 0 amide bonds. The Labute approximate surface area is 117 Å². The summed E-state index contributed by atoms with van der Waals surface area (Å²) in [6.45, 7) is 2.89. The number of anilines is 1. The fourth-order valence-electron chi connectivity index (χ4n) is 1.75. The van der Waals surface area contributed by atoms with Crippen molar-refractivity contribution in [2.75, 3.05) is 18.5 Å². The molecule has 0 aliphatic rings. The van der Waals surface area contributed by atoms with Crippen LogP contribution in [0, 0.1) is 0 Å². The molecule has 6 heteroatoms. The first kappa shape index (κ1) is 14.0. The van der Waals surface area contributed by atoms with E-state index in [9.17, 15) is 4.79 Å². The van der Waals surface area contributed by atoms with Gasteiger partial charge in [-0.1, -0.05) is 18.2 Å². The molecular formula is C14H18N4O2. The van der Waals surface area contributed by atoms with E-state index in [2.05, 4.69) is 20.5 Å². The molecule has 2 aromatic rings. The summed E-state index contributed by atoms with van der Waals surface area (Å²) in [6.07, 6.45) is 0.821. The number of ether oxygens (including phenoxy) is 1. The standard InChI is InChI=1S/C14H18N4O2/c1-2-20-14(19)10-13-16-12(17-18-13)8-9-15-11-6-4-3-5-7-11/h3-7,15H,2,8-10H2,1H3,(H,16,17,18). The average molecular weight is 274 g/mol. The lowest BCUT2D eigenvalue weighted by atomic mass is 10.3. The van der Waals surface area contributed by atoms with Crippen LogP contribution in [0.3, 0.4) is 0 Å². The summed E-state index contributed by atoms with van der Waals surface area (Å²) in [6, 6.07) is 9.94. The number of aromatic nitrogens is 3. The van der Waals surface area contributed by atoms with Crippen molar-refractivity contribution in [2.24, 2.45) is 0 Å². The monoisotopic (exact) mass is 274 g/mol. The van der Waals surface area contributed by atoms with E-state index in [1.165, 1.54) is 0 Å². The van der Waals surface area contributed by atoms with Crippen LogP contribution in [-0.4, -0.2) is 34.3 Å². The third-order valence-electron chi connectivity index (χ3n) is 2.65.